The third-order valence-electron chi connectivity index (χ3n) is 4.55. The first-order valence-corrected chi connectivity index (χ1v) is 7.42. The highest BCUT2D eigenvalue weighted by atomic mass is 35.5. The van der Waals surface area contributed by atoms with Gasteiger partial charge in [-0.2, -0.15) is 0 Å². The Morgan fingerprint density at radius 2 is 1.95 bits per heavy atom. The molecule has 0 saturated heterocycles. The van der Waals surface area contributed by atoms with Gasteiger partial charge in [-0.25, -0.2) is 4.39 Å². The van der Waals surface area contributed by atoms with Crippen LogP contribution < -0.4 is 0 Å². The lowest BCUT2D eigenvalue weighted by Crippen LogP contribution is -2.53. The summed E-state index contributed by atoms with van der Waals surface area (Å²) < 4.78 is 13.4. The van der Waals surface area contributed by atoms with Gasteiger partial charge in [0.05, 0.1) is 10.6 Å². The topological polar surface area (TPSA) is 20.3 Å². The molecule has 0 N–H and O–H groups in total. The lowest BCUT2D eigenvalue weighted by molar-refractivity contribution is 0.0513. The first kappa shape index (κ1) is 15.5. The molecule has 0 radical (unpaired) electrons. The van der Waals surface area contributed by atoms with Crippen LogP contribution in [0.5, 0.6) is 0 Å². The van der Waals surface area contributed by atoms with Crippen LogP contribution in [0.25, 0.3) is 0 Å². The minimum Gasteiger partial charge on any atom is -0.297 e. The summed E-state index contributed by atoms with van der Waals surface area (Å²) in [4.78, 5) is 14.9. The van der Waals surface area contributed by atoms with Crippen molar-refractivity contribution in [1.82, 2.24) is 4.90 Å². The first-order valence-electron chi connectivity index (χ1n) is 7.04. The Kier molecular flexibility index (Phi) is 4.50. The number of Topliss-reactive ketones (excluding diaryl/α,β-unsaturated/α-hetero) is 1. The number of hydrogen-bond acceptors (Lipinski definition) is 2. The van der Waals surface area contributed by atoms with Crippen molar-refractivity contribution in [1.29, 1.82) is 0 Å². The summed E-state index contributed by atoms with van der Waals surface area (Å²) in [5, 5.41) is 0.330. The van der Waals surface area contributed by atoms with E-state index in [0.717, 1.165) is 25.7 Å². The van der Waals surface area contributed by atoms with Crippen LogP contribution in [-0.2, 0) is 0 Å². The third-order valence-corrected chi connectivity index (χ3v) is 4.88. The maximum atomic E-state index is 13.4. The van der Waals surface area contributed by atoms with Gasteiger partial charge in [0.1, 0.15) is 5.82 Å². The van der Waals surface area contributed by atoms with Crippen molar-refractivity contribution in [3.63, 3.8) is 0 Å². The molecule has 1 aliphatic carbocycles. The van der Waals surface area contributed by atoms with Crippen LogP contribution in [0.4, 0.5) is 4.39 Å². The van der Waals surface area contributed by atoms with Gasteiger partial charge in [-0.15, -0.1) is 0 Å². The van der Waals surface area contributed by atoms with E-state index >= 15 is 0 Å². The first-order chi connectivity index (χ1) is 9.36. The normalized spacial score (nSPS) is 26.8. The molecule has 0 unspecified atom stereocenters. The van der Waals surface area contributed by atoms with Gasteiger partial charge in [-0.05, 0) is 63.9 Å². The van der Waals surface area contributed by atoms with E-state index in [1.165, 1.54) is 18.2 Å². The highest BCUT2D eigenvalue weighted by molar-refractivity contribution is 6.34. The van der Waals surface area contributed by atoms with Gasteiger partial charge in [-0.3, -0.25) is 9.69 Å². The van der Waals surface area contributed by atoms with Crippen molar-refractivity contribution >= 4 is 17.4 Å². The van der Waals surface area contributed by atoms with Crippen molar-refractivity contribution in [3.05, 3.63) is 34.6 Å². The van der Waals surface area contributed by atoms with Gasteiger partial charge in [0.25, 0.3) is 0 Å². The molecule has 2 rings (SSSR count). The zero-order chi connectivity index (χ0) is 14.9. The Labute approximate surface area is 124 Å². The zero-order valence-electron chi connectivity index (χ0n) is 12.2. The summed E-state index contributed by atoms with van der Waals surface area (Å²) in [7, 11) is 3.84. The monoisotopic (exact) mass is 297 g/mol. The maximum Gasteiger partial charge on any atom is 0.184 e. The van der Waals surface area contributed by atoms with E-state index in [1.54, 1.807) is 0 Å². The minimum absolute atomic E-state index is 0.0566. The molecule has 0 bridgehead atoms. The summed E-state index contributed by atoms with van der Waals surface area (Å²) in [6, 6.07) is 4.00. The van der Waals surface area contributed by atoms with Crippen LogP contribution in [0.15, 0.2) is 18.2 Å². The molecule has 2 nitrogen and oxygen atoms in total. The molecule has 0 amide bonds. The van der Waals surface area contributed by atoms with Crippen LogP contribution in [0, 0.1) is 11.7 Å². The van der Waals surface area contributed by atoms with Crippen LogP contribution >= 0.6 is 11.6 Å². The van der Waals surface area contributed by atoms with Crippen molar-refractivity contribution in [2.45, 2.75) is 38.1 Å². The number of nitrogens with zero attached hydrogens (tertiary/aromatic N) is 1. The van der Waals surface area contributed by atoms with Gasteiger partial charge in [-0.1, -0.05) is 18.5 Å². The number of benzene rings is 1. The number of halogens is 2. The zero-order valence-corrected chi connectivity index (χ0v) is 13.0. The van der Waals surface area contributed by atoms with Crippen molar-refractivity contribution < 1.29 is 9.18 Å². The largest absolute Gasteiger partial charge is 0.297 e. The molecule has 0 atom stereocenters. The van der Waals surface area contributed by atoms with Crippen molar-refractivity contribution in [2.24, 2.45) is 5.92 Å². The second kappa shape index (κ2) is 5.82. The summed E-state index contributed by atoms with van der Waals surface area (Å²) in [6.45, 7) is 2.21. The predicted octanol–water partition coefficient (Wildman–Crippen LogP) is 4.17. The van der Waals surface area contributed by atoms with Gasteiger partial charge in [0.15, 0.2) is 5.78 Å². The standard InChI is InChI=1S/C16H21ClFNO/c1-11-6-8-16(9-7-11,19(2)3)15(20)13-10-12(18)4-5-14(13)17/h4-5,10-11H,6-9H2,1-3H3. The molecular formula is C16H21ClFNO. The smallest absolute Gasteiger partial charge is 0.184 e. The minimum atomic E-state index is -0.552. The number of likely N-dealkylation sites (N-methyl/N-ethyl adjacent to an activating group) is 1. The Morgan fingerprint density at radius 3 is 2.50 bits per heavy atom. The fourth-order valence-corrected chi connectivity index (χ4v) is 3.24. The Balaban J connectivity index is 2.39. The molecular weight excluding hydrogens is 277 g/mol. The highest BCUT2D eigenvalue weighted by Crippen LogP contribution is 2.38. The van der Waals surface area contributed by atoms with E-state index in [4.69, 9.17) is 11.6 Å². The van der Waals surface area contributed by atoms with Crippen LogP contribution in [0.3, 0.4) is 0 Å². The van der Waals surface area contributed by atoms with Crippen LogP contribution in [-0.4, -0.2) is 30.3 Å². The molecule has 1 aromatic rings. The molecule has 0 heterocycles. The molecule has 4 heteroatoms. The number of hydrogen-bond donors (Lipinski definition) is 0. The molecule has 1 fully saturated rings. The molecule has 20 heavy (non-hydrogen) atoms. The highest BCUT2D eigenvalue weighted by Gasteiger charge is 2.43. The van der Waals surface area contributed by atoms with Gasteiger partial charge in [0.2, 0.25) is 0 Å². The van der Waals surface area contributed by atoms with Gasteiger partial charge in [0, 0.05) is 5.56 Å². The van der Waals surface area contributed by atoms with Gasteiger partial charge < -0.3 is 0 Å². The van der Waals surface area contributed by atoms with Crippen molar-refractivity contribution in [2.75, 3.05) is 14.1 Å². The molecule has 0 aliphatic heterocycles. The number of rotatable bonds is 3. The van der Waals surface area contributed by atoms with E-state index in [0.29, 0.717) is 16.5 Å². The average Bonchev–Trinajstić information content (AvgIpc) is 2.41. The number of carbonyl (C=O) groups excluding carboxylic acids is 1. The molecule has 0 aromatic heterocycles. The maximum absolute atomic E-state index is 13.4. The van der Waals surface area contributed by atoms with Crippen LogP contribution in [0.2, 0.25) is 5.02 Å². The number of ketones is 1. The fourth-order valence-electron chi connectivity index (χ4n) is 3.04. The molecule has 1 saturated carbocycles. The van der Waals surface area contributed by atoms with E-state index in [1.807, 2.05) is 19.0 Å². The van der Waals surface area contributed by atoms with E-state index in [9.17, 15) is 9.18 Å². The SMILES string of the molecule is CC1CCC(C(=O)c2cc(F)ccc2Cl)(N(C)C)CC1. The molecule has 1 aliphatic rings. The molecule has 110 valence electrons. The summed E-state index contributed by atoms with van der Waals surface area (Å²) in [5.74, 6) is 0.161. The quantitative estimate of drug-likeness (QED) is 0.780. The van der Waals surface area contributed by atoms with Crippen LogP contribution in [0.1, 0.15) is 43.0 Å². The van der Waals surface area contributed by atoms with E-state index < -0.39 is 11.4 Å². The van der Waals surface area contributed by atoms with Gasteiger partial charge >= 0.3 is 0 Å². The van der Waals surface area contributed by atoms with E-state index in [2.05, 4.69) is 6.92 Å². The fraction of sp³-hybridized carbons (Fsp3) is 0.562. The Morgan fingerprint density at radius 1 is 1.35 bits per heavy atom. The van der Waals surface area contributed by atoms with Crippen molar-refractivity contribution in [3.8, 4) is 0 Å². The molecule has 0 spiro atoms. The Hall–Kier alpha value is -0.930. The number of carbonyl (C=O) groups is 1. The van der Waals surface area contributed by atoms with E-state index in [-0.39, 0.29) is 5.78 Å². The summed E-state index contributed by atoms with van der Waals surface area (Å²) >= 11 is 6.10. The lowest BCUT2D eigenvalue weighted by atomic mass is 9.72. The molecule has 1 aromatic carbocycles. The third kappa shape index (κ3) is 2.75. The summed E-state index contributed by atoms with van der Waals surface area (Å²) in [6.07, 6.45) is 3.62. The second-order valence-electron chi connectivity index (χ2n) is 6.06. The average molecular weight is 298 g/mol. The predicted molar refractivity (Wildman–Crippen MR) is 79.8 cm³/mol. The lowest BCUT2D eigenvalue weighted by Gasteiger charge is -2.43. The Bertz CT molecular complexity index is 507. The second-order valence-corrected chi connectivity index (χ2v) is 6.47. The summed E-state index contributed by atoms with van der Waals surface area (Å²) in [5.41, 5.74) is -0.251.